The summed E-state index contributed by atoms with van der Waals surface area (Å²) in [4.78, 5) is 0. The number of nitrogens with one attached hydrogen (secondary N) is 1. The van der Waals surface area contributed by atoms with Crippen LogP contribution in [0.25, 0.3) is 0 Å². The number of halogens is 1. The number of para-hydroxylation sites is 1. The van der Waals surface area contributed by atoms with Gasteiger partial charge in [0.25, 0.3) is 0 Å². The molecule has 0 spiro atoms. The average molecular weight is 286 g/mol. The molecule has 1 aromatic carbocycles. The molecule has 0 aliphatic heterocycles. The summed E-state index contributed by atoms with van der Waals surface area (Å²) < 4.78 is 5.56. The molecule has 0 atom stereocenters. The van der Waals surface area contributed by atoms with Crippen LogP contribution >= 0.6 is 15.9 Å². The van der Waals surface area contributed by atoms with Crippen LogP contribution in [0.4, 0.5) is 0 Å². The van der Waals surface area contributed by atoms with Gasteiger partial charge in [-0.3, -0.25) is 0 Å². The Morgan fingerprint density at radius 2 is 1.81 bits per heavy atom. The predicted octanol–water partition coefficient (Wildman–Crippen LogP) is 3.22. The number of alkyl halides is 1. The smallest absolute Gasteiger partial charge is 0.119 e. The Labute approximate surface area is 107 Å². The van der Waals surface area contributed by atoms with Gasteiger partial charge in [0, 0.05) is 11.9 Å². The lowest BCUT2D eigenvalue weighted by molar-refractivity contribution is 0.313. The van der Waals surface area contributed by atoms with Crippen LogP contribution in [-0.4, -0.2) is 25.0 Å². The molecule has 0 saturated heterocycles. The van der Waals surface area contributed by atoms with Gasteiger partial charge in [-0.15, -0.1) is 0 Å². The van der Waals surface area contributed by atoms with Gasteiger partial charge < -0.3 is 10.1 Å². The number of rotatable bonds is 9. The molecule has 0 amide bonds. The minimum Gasteiger partial charge on any atom is -0.492 e. The fraction of sp³-hybridized carbons (Fsp3) is 0.538. The second kappa shape index (κ2) is 9.67. The Kier molecular flexibility index (Phi) is 8.17. The molecule has 1 rings (SSSR count). The maximum atomic E-state index is 5.56. The second-order valence-electron chi connectivity index (χ2n) is 3.66. The number of hydrogen-bond acceptors (Lipinski definition) is 2. The maximum Gasteiger partial charge on any atom is 0.119 e. The number of ether oxygens (including phenoxy) is 1. The van der Waals surface area contributed by atoms with E-state index < -0.39 is 0 Å². The molecule has 0 aromatic heterocycles. The molecular formula is C13H20BrNO. The van der Waals surface area contributed by atoms with Gasteiger partial charge >= 0.3 is 0 Å². The van der Waals surface area contributed by atoms with E-state index in [-0.39, 0.29) is 0 Å². The molecule has 0 radical (unpaired) electrons. The zero-order valence-corrected chi connectivity index (χ0v) is 11.2. The lowest BCUT2D eigenvalue weighted by Gasteiger charge is -2.07. The van der Waals surface area contributed by atoms with E-state index in [9.17, 15) is 0 Å². The summed E-state index contributed by atoms with van der Waals surface area (Å²) in [5, 5.41) is 4.49. The van der Waals surface area contributed by atoms with Gasteiger partial charge in [-0.1, -0.05) is 40.5 Å². The highest BCUT2D eigenvalue weighted by Gasteiger charge is 1.91. The van der Waals surface area contributed by atoms with Crippen molar-refractivity contribution in [3.05, 3.63) is 30.3 Å². The van der Waals surface area contributed by atoms with Crippen molar-refractivity contribution in [2.75, 3.05) is 25.0 Å². The van der Waals surface area contributed by atoms with Crippen molar-refractivity contribution < 1.29 is 4.74 Å². The summed E-state index contributed by atoms with van der Waals surface area (Å²) in [7, 11) is 0. The normalized spacial score (nSPS) is 10.3. The third-order valence-corrected chi connectivity index (χ3v) is 2.84. The van der Waals surface area contributed by atoms with E-state index in [1.165, 1.54) is 19.3 Å². The van der Waals surface area contributed by atoms with E-state index in [4.69, 9.17) is 4.74 Å². The molecule has 1 N–H and O–H groups in total. The molecule has 2 nitrogen and oxygen atoms in total. The van der Waals surface area contributed by atoms with Gasteiger partial charge in [0.1, 0.15) is 12.4 Å². The topological polar surface area (TPSA) is 21.3 Å². The summed E-state index contributed by atoms with van der Waals surface area (Å²) in [6.45, 7) is 2.75. The minimum atomic E-state index is 0.739. The first-order valence-electron chi connectivity index (χ1n) is 5.88. The molecule has 16 heavy (non-hydrogen) atoms. The number of hydrogen-bond donors (Lipinski definition) is 1. The molecule has 0 fully saturated rings. The minimum absolute atomic E-state index is 0.739. The van der Waals surface area contributed by atoms with Crippen molar-refractivity contribution in [3.63, 3.8) is 0 Å². The lowest BCUT2D eigenvalue weighted by atomic mass is 10.2. The first kappa shape index (κ1) is 13.5. The third-order valence-electron chi connectivity index (χ3n) is 2.28. The van der Waals surface area contributed by atoms with Crippen LogP contribution < -0.4 is 10.1 Å². The van der Waals surface area contributed by atoms with Gasteiger partial charge in [0.05, 0.1) is 0 Å². The summed E-state index contributed by atoms with van der Waals surface area (Å²) in [6, 6.07) is 9.94. The van der Waals surface area contributed by atoms with E-state index in [1.54, 1.807) is 0 Å². The first-order chi connectivity index (χ1) is 7.93. The summed E-state index contributed by atoms with van der Waals surface area (Å²) >= 11 is 3.43. The second-order valence-corrected chi connectivity index (χ2v) is 4.45. The van der Waals surface area contributed by atoms with E-state index >= 15 is 0 Å². The molecule has 90 valence electrons. The Morgan fingerprint density at radius 1 is 1.00 bits per heavy atom. The Bertz CT molecular complexity index is 253. The average Bonchev–Trinajstić information content (AvgIpc) is 2.34. The monoisotopic (exact) mass is 285 g/mol. The zero-order chi connectivity index (χ0) is 11.5. The van der Waals surface area contributed by atoms with E-state index in [1.807, 2.05) is 30.3 Å². The number of benzene rings is 1. The van der Waals surface area contributed by atoms with Crippen LogP contribution in [0.3, 0.4) is 0 Å². The quantitative estimate of drug-likeness (QED) is 0.556. The largest absolute Gasteiger partial charge is 0.492 e. The highest BCUT2D eigenvalue weighted by Crippen LogP contribution is 2.07. The standard InChI is InChI=1S/C13H20BrNO/c14-9-5-2-6-10-15-11-12-16-13-7-3-1-4-8-13/h1,3-4,7-8,15H,2,5-6,9-12H2. The van der Waals surface area contributed by atoms with Crippen LogP contribution in [0.5, 0.6) is 5.75 Å². The van der Waals surface area contributed by atoms with E-state index in [0.29, 0.717) is 0 Å². The van der Waals surface area contributed by atoms with E-state index in [2.05, 4.69) is 21.2 Å². The fourth-order valence-corrected chi connectivity index (χ4v) is 1.80. The van der Waals surface area contributed by atoms with Crippen LogP contribution in [0, 0.1) is 0 Å². The molecular weight excluding hydrogens is 266 g/mol. The van der Waals surface area contributed by atoms with Gasteiger partial charge in [-0.25, -0.2) is 0 Å². The predicted molar refractivity (Wildman–Crippen MR) is 72.5 cm³/mol. The van der Waals surface area contributed by atoms with Crippen LogP contribution in [0.15, 0.2) is 30.3 Å². The van der Waals surface area contributed by atoms with Crippen LogP contribution in [0.2, 0.25) is 0 Å². The van der Waals surface area contributed by atoms with Crippen molar-refractivity contribution >= 4 is 15.9 Å². The van der Waals surface area contributed by atoms with E-state index in [0.717, 1.165) is 30.8 Å². The number of unbranched alkanes of at least 4 members (excludes halogenated alkanes) is 2. The highest BCUT2D eigenvalue weighted by molar-refractivity contribution is 9.09. The molecule has 0 aliphatic rings. The summed E-state index contributed by atoms with van der Waals surface area (Å²) in [5.74, 6) is 0.948. The molecule has 0 bridgehead atoms. The summed E-state index contributed by atoms with van der Waals surface area (Å²) in [6.07, 6.45) is 3.80. The van der Waals surface area contributed by atoms with Crippen LogP contribution in [-0.2, 0) is 0 Å². The lowest BCUT2D eigenvalue weighted by Crippen LogP contribution is -2.22. The van der Waals surface area contributed by atoms with Crippen molar-refractivity contribution in [1.82, 2.24) is 5.32 Å². The molecule has 1 aromatic rings. The van der Waals surface area contributed by atoms with Crippen molar-refractivity contribution in [2.45, 2.75) is 19.3 Å². The molecule has 0 heterocycles. The molecule has 3 heteroatoms. The van der Waals surface area contributed by atoms with Crippen molar-refractivity contribution in [2.24, 2.45) is 0 Å². The van der Waals surface area contributed by atoms with Gasteiger partial charge in [-0.2, -0.15) is 0 Å². The van der Waals surface area contributed by atoms with Crippen molar-refractivity contribution in [3.8, 4) is 5.75 Å². The molecule has 0 saturated carbocycles. The van der Waals surface area contributed by atoms with Crippen LogP contribution in [0.1, 0.15) is 19.3 Å². The first-order valence-corrected chi connectivity index (χ1v) is 7.00. The Morgan fingerprint density at radius 3 is 2.56 bits per heavy atom. The third kappa shape index (κ3) is 6.85. The van der Waals surface area contributed by atoms with Gasteiger partial charge in [0.15, 0.2) is 0 Å². The SMILES string of the molecule is BrCCCCCNCCOc1ccccc1. The fourth-order valence-electron chi connectivity index (χ4n) is 1.40. The summed E-state index contributed by atoms with van der Waals surface area (Å²) in [5.41, 5.74) is 0. The van der Waals surface area contributed by atoms with Crippen molar-refractivity contribution in [1.29, 1.82) is 0 Å². The Balaban J connectivity index is 1.89. The Hall–Kier alpha value is -0.540. The highest BCUT2D eigenvalue weighted by atomic mass is 79.9. The van der Waals surface area contributed by atoms with Gasteiger partial charge in [0.2, 0.25) is 0 Å². The maximum absolute atomic E-state index is 5.56. The molecule has 0 aliphatic carbocycles. The van der Waals surface area contributed by atoms with Gasteiger partial charge in [-0.05, 0) is 31.5 Å². The zero-order valence-electron chi connectivity index (χ0n) is 9.62. The molecule has 0 unspecified atom stereocenters.